The summed E-state index contributed by atoms with van der Waals surface area (Å²) in [5.41, 5.74) is 1.54. The van der Waals surface area contributed by atoms with Crippen LogP contribution in [-0.4, -0.2) is 32.6 Å². The van der Waals surface area contributed by atoms with Crippen molar-refractivity contribution in [1.82, 2.24) is 14.9 Å². The molecule has 1 aromatic heterocycles. The number of hydrogen-bond donors (Lipinski definition) is 2. The van der Waals surface area contributed by atoms with Crippen LogP contribution in [0, 0.1) is 5.82 Å². The van der Waals surface area contributed by atoms with E-state index in [0.717, 1.165) is 11.3 Å². The molecule has 2 aromatic carbocycles. The molecule has 0 saturated heterocycles. The highest BCUT2D eigenvalue weighted by Crippen LogP contribution is 2.23. The lowest BCUT2D eigenvalue weighted by atomic mass is 10.1. The zero-order valence-corrected chi connectivity index (χ0v) is 16.9. The standard InChI is InChI=1S/C20H22FN5O2S/c1-3-28-17-10-8-16(9-11-17)23-19(27)13(2)29-20-25-24-18(26(20)22)12-14-4-6-15(21)7-5-14/h4-11,13H,3,12,22H2,1-2H3,(H,23,27)/t13-/m0/s1. The summed E-state index contributed by atoms with van der Waals surface area (Å²) in [7, 11) is 0. The first kappa shape index (κ1) is 20.7. The Morgan fingerprint density at radius 3 is 2.55 bits per heavy atom. The molecule has 0 aliphatic carbocycles. The maximum atomic E-state index is 13.0. The normalized spacial score (nSPS) is 11.8. The van der Waals surface area contributed by atoms with Crippen LogP contribution < -0.4 is 15.9 Å². The Morgan fingerprint density at radius 2 is 1.90 bits per heavy atom. The molecule has 1 heterocycles. The first-order chi connectivity index (χ1) is 14.0. The van der Waals surface area contributed by atoms with Gasteiger partial charge in [-0.15, -0.1) is 10.2 Å². The van der Waals surface area contributed by atoms with E-state index in [0.29, 0.717) is 29.7 Å². The maximum absolute atomic E-state index is 13.0. The van der Waals surface area contributed by atoms with Gasteiger partial charge in [-0.2, -0.15) is 0 Å². The van der Waals surface area contributed by atoms with E-state index in [9.17, 15) is 9.18 Å². The van der Waals surface area contributed by atoms with Gasteiger partial charge in [0.2, 0.25) is 11.1 Å². The van der Waals surface area contributed by atoms with Crippen LogP contribution in [0.25, 0.3) is 0 Å². The minimum Gasteiger partial charge on any atom is -0.494 e. The molecular formula is C20H22FN5O2S. The quantitative estimate of drug-likeness (QED) is 0.433. The molecule has 0 fully saturated rings. The van der Waals surface area contributed by atoms with E-state index in [-0.39, 0.29) is 11.7 Å². The molecule has 0 aliphatic rings. The Morgan fingerprint density at radius 1 is 1.21 bits per heavy atom. The number of nitrogens with one attached hydrogen (secondary N) is 1. The van der Waals surface area contributed by atoms with E-state index < -0.39 is 5.25 Å². The monoisotopic (exact) mass is 415 g/mol. The number of nitrogens with zero attached hydrogens (tertiary/aromatic N) is 3. The number of carbonyl (C=O) groups excluding carboxylic acids is 1. The maximum Gasteiger partial charge on any atom is 0.237 e. The summed E-state index contributed by atoms with van der Waals surface area (Å²) in [4.78, 5) is 12.5. The zero-order valence-electron chi connectivity index (χ0n) is 16.1. The Kier molecular flexibility index (Phi) is 6.71. The number of rotatable bonds is 8. The molecular weight excluding hydrogens is 393 g/mol. The number of ether oxygens (including phenoxy) is 1. The molecule has 3 N–H and O–H groups in total. The van der Waals surface area contributed by atoms with Crippen LogP contribution in [0.4, 0.5) is 10.1 Å². The molecule has 3 rings (SSSR count). The van der Waals surface area contributed by atoms with Crippen LogP contribution in [0.2, 0.25) is 0 Å². The van der Waals surface area contributed by atoms with E-state index in [1.165, 1.54) is 28.6 Å². The van der Waals surface area contributed by atoms with E-state index in [2.05, 4.69) is 15.5 Å². The van der Waals surface area contributed by atoms with Crippen molar-refractivity contribution in [1.29, 1.82) is 0 Å². The fourth-order valence-electron chi connectivity index (χ4n) is 2.55. The summed E-state index contributed by atoms with van der Waals surface area (Å²) < 4.78 is 19.8. The number of aromatic nitrogens is 3. The third-order valence-electron chi connectivity index (χ3n) is 4.09. The second-order valence-electron chi connectivity index (χ2n) is 6.28. The van der Waals surface area contributed by atoms with E-state index >= 15 is 0 Å². The molecule has 7 nitrogen and oxygen atoms in total. The predicted octanol–water partition coefficient (Wildman–Crippen LogP) is 3.24. The molecule has 0 radical (unpaired) electrons. The highest BCUT2D eigenvalue weighted by atomic mass is 32.2. The van der Waals surface area contributed by atoms with Gasteiger partial charge in [0.15, 0.2) is 5.82 Å². The lowest BCUT2D eigenvalue weighted by Crippen LogP contribution is -2.24. The summed E-state index contributed by atoms with van der Waals surface area (Å²) in [6.45, 7) is 4.26. The van der Waals surface area contributed by atoms with Gasteiger partial charge in [0.25, 0.3) is 0 Å². The Bertz CT molecular complexity index is 960. The summed E-state index contributed by atoms with van der Waals surface area (Å²) in [6, 6.07) is 13.3. The number of nitrogen functional groups attached to an aromatic ring is 1. The fourth-order valence-corrected chi connectivity index (χ4v) is 3.34. The van der Waals surface area contributed by atoms with Crippen LogP contribution in [0.3, 0.4) is 0 Å². The molecule has 0 saturated carbocycles. The first-order valence-electron chi connectivity index (χ1n) is 9.10. The van der Waals surface area contributed by atoms with Gasteiger partial charge < -0.3 is 15.9 Å². The number of benzene rings is 2. The van der Waals surface area contributed by atoms with Gasteiger partial charge in [0, 0.05) is 12.1 Å². The summed E-state index contributed by atoms with van der Waals surface area (Å²) >= 11 is 1.21. The molecule has 152 valence electrons. The number of carbonyl (C=O) groups is 1. The van der Waals surface area contributed by atoms with Gasteiger partial charge in [-0.3, -0.25) is 4.79 Å². The van der Waals surface area contributed by atoms with Crippen molar-refractivity contribution in [2.45, 2.75) is 30.7 Å². The number of halogens is 1. The van der Waals surface area contributed by atoms with Crippen molar-refractivity contribution in [3.8, 4) is 5.75 Å². The molecule has 0 spiro atoms. The van der Waals surface area contributed by atoms with Gasteiger partial charge in [0.1, 0.15) is 11.6 Å². The lowest BCUT2D eigenvalue weighted by molar-refractivity contribution is -0.115. The predicted molar refractivity (Wildman–Crippen MR) is 111 cm³/mol. The highest BCUT2D eigenvalue weighted by molar-refractivity contribution is 8.00. The average molecular weight is 415 g/mol. The highest BCUT2D eigenvalue weighted by Gasteiger charge is 2.19. The van der Waals surface area contributed by atoms with Crippen LogP contribution in [0.5, 0.6) is 5.75 Å². The molecule has 9 heteroatoms. The number of thioether (sulfide) groups is 1. The lowest BCUT2D eigenvalue weighted by Gasteiger charge is -2.12. The molecule has 3 aromatic rings. The minimum absolute atomic E-state index is 0.178. The van der Waals surface area contributed by atoms with Crippen molar-refractivity contribution in [2.24, 2.45) is 0 Å². The summed E-state index contributed by atoms with van der Waals surface area (Å²) in [5.74, 6) is 6.87. The number of anilines is 1. The SMILES string of the molecule is CCOc1ccc(NC(=O)[C@H](C)Sc2nnc(Cc3ccc(F)cc3)n2N)cc1. The van der Waals surface area contributed by atoms with Crippen LogP contribution in [-0.2, 0) is 11.2 Å². The number of hydrogen-bond acceptors (Lipinski definition) is 6. The van der Waals surface area contributed by atoms with Crippen LogP contribution >= 0.6 is 11.8 Å². The topological polar surface area (TPSA) is 95.1 Å². The number of amides is 1. The van der Waals surface area contributed by atoms with Gasteiger partial charge in [-0.1, -0.05) is 23.9 Å². The molecule has 1 atom stereocenters. The largest absolute Gasteiger partial charge is 0.494 e. The molecule has 1 amide bonds. The van der Waals surface area contributed by atoms with Crippen LogP contribution in [0.15, 0.2) is 53.7 Å². The third kappa shape index (κ3) is 5.47. The first-order valence-corrected chi connectivity index (χ1v) is 9.98. The van der Waals surface area contributed by atoms with Crippen LogP contribution in [0.1, 0.15) is 25.2 Å². The zero-order chi connectivity index (χ0) is 20.8. The average Bonchev–Trinajstić information content (AvgIpc) is 3.05. The smallest absolute Gasteiger partial charge is 0.237 e. The van der Waals surface area contributed by atoms with Gasteiger partial charge >= 0.3 is 0 Å². The van der Waals surface area contributed by atoms with Crippen molar-refractivity contribution in [3.63, 3.8) is 0 Å². The minimum atomic E-state index is -0.438. The van der Waals surface area contributed by atoms with E-state index in [4.69, 9.17) is 10.6 Å². The van der Waals surface area contributed by atoms with E-state index in [1.807, 2.05) is 6.92 Å². The Hall–Kier alpha value is -3.07. The van der Waals surface area contributed by atoms with Gasteiger partial charge in [-0.05, 0) is 55.8 Å². The second kappa shape index (κ2) is 9.42. The molecule has 29 heavy (non-hydrogen) atoms. The second-order valence-corrected chi connectivity index (χ2v) is 7.59. The molecule has 0 unspecified atom stereocenters. The van der Waals surface area contributed by atoms with E-state index in [1.54, 1.807) is 43.3 Å². The fraction of sp³-hybridized carbons (Fsp3) is 0.250. The molecule has 0 bridgehead atoms. The Balaban J connectivity index is 1.59. The van der Waals surface area contributed by atoms with Gasteiger partial charge in [-0.25, -0.2) is 9.07 Å². The van der Waals surface area contributed by atoms with Crippen molar-refractivity contribution in [3.05, 3.63) is 65.7 Å². The third-order valence-corrected chi connectivity index (χ3v) is 5.15. The molecule has 0 aliphatic heterocycles. The van der Waals surface area contributed by atoms with Crippen molar-refractivity contribution in [2.75, 3.05) is 17.8 Å². The van der Waals surface area contributed by atoms with Crippen molar-refractivity contribution < 1.29 is 13.9 Å². The van der Waals surface area contributed by atoms with Gasteiger partial charge in [0.05, 0.1) is 11.9 Å². The summed E-state index contributed by atoms with van der Waals surface area (Å²) in [5, 5.41) is 11.0. The number of nitrogens with two attached hydrogens (primary N) is 1. The summed E-state index contributed by atoms with van der Waals surface area (Å²) in [6.07, 6.45) is 0.414. The van der Waals surface area contributed by atoms with Crippen molar-refractivity contribution >= 4 is 23.4 Å². The Labute approximate surface area is 172 Å².